The lowest BCUT2D eigenvalue weighted by atomic mass is 10.00. The van der Waals surface area contributed by atoms with Gasteiger partial charge in [-0.1, -0.05) is 49.4 Å². The Kier molecular flexibility index (Phi) is 14.8. The Bertz CT molecular complexity index is 1330. The average Bonchev–Trinajstić information content (AvgIpc) is 2.98. The normalized spacial score (nSPS) is 18.2. The molecule has 46 heavy (non-hydrogen) atoms. The molecule has 1 aliphatic rings. The predicted octanol–water partition coefficient (Wildman–Crippen LogP) is 1.71. The summed E-state index contributed by atoms with van der Waals surface area (Å²) in [6.07, 6.45) is 4.49. The topological polar surface area (TPSA) is 162 Å². The largest absolute Gasteiger partial charge is 0.508 e. The number of likely N-dealkylation sites (N-methyl/N-ethyl adjacent to an activating group) is 1. The van der Waals surface area contributed by atoms with Gasteiger partial charge in [0.2, 0.25) is 0 Å². The van der Waals surface area contributed by atoms with Crippen molar-refractivity contribution in [2.75, 3.05) is 72.0 Å². The molecule has 2 aromatic carbocycles. The zero-order valence-electron chi connectivity index (χ0n) is 26.5. The zero-order chi connectivity index (χ0) is 33.5. The van der Waals surface area contributed by atoms with Crippen molar-refractivity contribution in [2.45, 2.75) is 32.2 Å². The number of hydrogen-bond donors (Lipinski definition) is 4. The Morgan fingerprint density at radius 2 is 1.33 bits per heavy atom. The van der Waals surface area contributed by atoms with Crippen molar-refractivity contribution in [1.29, 1.82) is 0 Å². The van der Waals surface area contributed by atoms with Gasteiger partial charge in [-0.05, 0) is 54.3 Å². The van der Waals surface area contributed by atoms with Crippen LogP contribution in [-0.4, -0.2) is 142 Å². The van der Waals surface area contributed by atoms with Gasteiger partial charge in [-0.2, -0.15) is 0 Å². The van der Waals surface area contributed by atoms with Crippen LogP contribution in [0, 0.1) is 0 Å². The molecule has 0 spiro atoms. The average molecular weight is 639 g/mol. The number of phenols is 1. The summed E-state index contributed by atoms with van der Waals surface area (Å²) < 4.78 is 0. The van der Waals surface area contributed by atoms with Crippen LogP contribution in [0.1, 0.15) is 23.6 Å². The zero-order valence-corrected chi connectivity index (χ0v) is 26.5. The van der Waals surface area contributed by atoms with Crippen molar-refractivity contribution in [3.05, 3.63) is 77.4 Å². The Morgan fingerprint density at radius 1 is 0.739 bits per heavy atom. The van der Waals surface area contributed by atoms with Crippen molar-refractivity contribution in [1.82, 2.24) is 19.6 Å². The number of phenolic OH excluding ortho intramolecular Hbond substituents is 1. The van der Waals surface area contributed by atoms with Gasteiger partial charge in [0.15, 0.2) is 5.78 Å². The summed E-state index contributed by atoms with van der Waals surface area (Å²) in [5, 5.41) is 38.5. The van der Waals surface area contributed by atoms with Crippen LogP contribution in [0.4, 0.5) is 0 Å². The van der Waals surface area contributed by atoms with Crippen molar-refractivity contribution in [3.63, 3.8) is 0 Å². The minimum atomic E-state index is -1.02. The Labute approximate surface area is 270 Å². The molecule has 1 saturated heterocycles. The van der Waals surface area contributed by atoms with Crippen LogP contribution >= 0.6 is 0 Å². The van der Waals surface area contributed by atoms with Crippen LogP contribution in [0.25, 0.3) is 0 Å². The summed E-state index contributed by atoms with van der Waals surface area (Å²) in [5.74, 6) is -2.81. The van der Waals surface area contributed by atoms with E-state index < -0.39 is 17.9 Å². The maximum absolute atomic E-state index is 12.6. The fraction of sp³-hybridized carbons (Fsp3) is 0.471. The van der Waals surface area contributed by atoms with E-state index in [0.29, 0.717) is 58.7 Å². The van der Waals surface area contributed by atoms with E-state index in [1.807, 2.05) is 47.1 Å². The molecule has 0 saturated carbocycles. The first-order valence-corrected chi connectivity index (χ1v) is 15.6. The minimum absolute atomic E-state index is 0.0591. The van der Waals surface area contributed by atoms with Gasteiger partial charge in [-0.25, -0.2) is 0 Å². The molecule has 3 rings (SSSR count). The quantitative estimate of drug-likeness (QED) is 0.222. The standard InChI is InChI=1S/C34H46N4O8/c1-2-35-13-15-36(23-32(41)42)17-18-38(25-34(45)46)29(22-37(16-14-35)24-33(43)44)19-27-9-11-28(12-10-27)21-31(40)8-4-6-26-5-3-7-30(39)20-26/h3-5,7-12,20,29,39H,2,6,13-19,21-25H2,1H3,(H,41,42)(H,43,44)(H,45,46)/b8-4+. The van der Waals surface area contributed by atoms with Crippen molar-refractivity contribution in [2.24, 2.45) is 0 Å². The lowest BCUT2D eigenvalue weighted by Crippen LogP contribution is -2.53. The van der Waals surface area contributed by atoms with Crippen LogP contribution in [0.3, 0.4) is 0 Å². The summed E-state index contributed by atoms with van der Waals surface area (Å²) >= 11 is 0. The molecule has 12 nitrogen and oxygen atoms in total. The SMILES string of the molecule is CCN1CCN(CC(=O)O)CCN(CC(=O)O)C(Cc2ccc(CC(=O)/C=C/Cc3cccc(O)c3)cc2)CN(CC(=O)O)CC1. The molecule has 1 heterocycles. The van der Waals surface area contributed by atoms with Gasteiger partial charge in [0.05, 0.1) is 19.6 Å². The lowest BCUT2D eigenvalue weighted by Gasteiger charge is -2.37. The molecule has 250 valence electrons. The van der Waals surface area contributed by atoms with E-state index in [9.17, 15) is 39.6 Å². The number of carbonyl (C=O) groups excluding carboxylic acids is 1. The van der Waals surface area contributed by atoms with Crippen LogP contribution in [0.15, 0.2) is 60.7 Å². The van der Waals surface area contributed by atoms with Crippen LogP contribution in [0.5, 0.6) is 5.75 Å². The smallest absolute Gasteiger partial charge is 0.317 e. The first-order valence-electron chi connectivity index (χ1n) is 15.6. The van der Waals surface area contributed by atoms with Crippen molar-refractivity contribution in [3.8, 4) is 5.75 Å². The second-order valence-corrected chi connectivity index (χ2v) is 11.7. The second-order valence-electron chi connectivity index (χ2n) is 11.7. The molecule has 1 aliphatic heterocycles. The maximum Gasteiger partial charge on any atom is 0.317 e. The number of hydrogen-bond acceptors (Lipinski definition) is 9. The number of rotatable bonds is 14. The number of allylic oxidation sites excluding steroid dienone is 2. The molecule has 0 bridgehead atoms. The summed E-state index contributed by atoms with van der Waals surface area (Å²) in [6.45, 7) is 5.30. The molecule has 1 atom stereocenters. The Hall–Kier alpha value is -4.10. The molecular formula is C34H46N4O8. The van der Waals surface area contributed by atoms with E-state index in [1.165, 1.54) is 6.08 Å². The van der Waals surface area contributed by atoms with E-state index in [1.54, 1.807) is 29.2 Å². The monoisotopic (exact) mass is 638 g/mol. The molecule has 4 N–H and O–H groups in total. The van der Waals surface area contributed by atoms with E-state index >= 15 is 0 Å². The number of aromatic hydroxyl groups is 1. The highest BCUT2D eigenvalue weighted by Gasteiger charge is 2.27. The van der Waals surface area contributed by atoms with Gasteiger partial charge in [-0.3, -0.25) is 33.9 Å². The third-order valence-electron chi connectivity index (χ3n) is 8.10. The summed E-state index contributed by atoms with van der Waals surface area (Å²) in [7, 11) is 0. The van der Waals surface area contributed by atoms with Crippen molar-refractivity contribution >= 4 is 23.7 Å². The van der Waals surface area contributed by atoms with Crippen molar-refractivity contribution < 1.29 is 39.6 Å². The summed E-state index contributed by atoms with van der Waals surface area (Å²) in [5.41, 5.74) is 2.64. The number of ketones is 1. The number of carboxylic acids is 3. The van der Waals surface area contributed by atoms with E-state index in [0.717, 1.165) is 23.2 Å². The highest BCUT2D eigenvalue weighted by molar-refractivity contribution is 5.91. The van der Waals surface area contributed by atoms with Gasteiger partial charge < -0.3 is 25.3 Å². The molecule has 0 radical (unpaired) electrons. The van der Waals surface area contributed by atoms with E-state index in [4.69, 9.17) is 0 Å². The molecule has 0 aliphatic carbocycles. The van der Waals surface area contributed by atoms with Gasteiger partial charge in [0.1, 0.15) is 5.75 Å². The molecule has 2 aromatic rings. The molecule has 0 amide bonds. The third-order valence-corrected chi connectivity index (χ3v) is 8.10. The number of benzene rings is 2. The third kappa shape index (κ3) is 13.5. The van der Waals surface area contributed by atoms with Gasteiger partial charge in [0, 0.05) is 58.3 Å². The number of carbonyl (C=O) groups is 4. The maximum atomic E-state index is 12.6. The fourth-order valence-electron chi connectivity index (χ4n) is 5.66. The highest BCUT2D eigenvalue weighted by Crippen LogP contribution is 2.15. The lowest BCUT2D eigenvalue weighted by molar-refractivity contribution is -0.141. The fourth-order valence-corrected chi connectivity index (χ4v) is 5.66. The molecule has 1 fully saturated rings. The van der Waals surface area contributed by atoms with Gasteiger partial charge in [0.25, 0.3) is 0 Å². The molecule has 0 aromatic heterocycles. The predicted molar refractivity (Wildman–Crippen MR) is 173 cm³/mol. The number of aliphatic carboxylic acids is 3. The van der Waals surface area contributed by atoms with E-state index in [-0.39, 0.29) is 43.6 Å². The van der Waals surface area contributed by atoms with Crippen LogP contribution in [0.2, 0.25) is 0 Å². The first-order chi connectivity index (χ1) is 22.0. The van der Waals surface area contributed by atoms with Gasteiger partial charge in [-0.15, -0.1) is 0 Å². The molecule has 12 heteroatoms. The highest BCUT2D eigenvalue weighted by atomic mass is 16.4. The number of nitrogens with zero attached hydrogens (tertiary/aromatic N) is 4. The molecule has 1 unspecified atom stereocenters. The van der Waals surface area contributed by atoms with Crippen LogP contribution in [-0.2, 0) is 38.4 Å². The Balaban J connectivity index is 1.76. The van der Waals surface area contributed by atoms with E-state index in [2.05, 4.69) is 4.90 Å². The van der Waals surface area contributed by atoms with Gasteiger partial charge >= 0.3 is 17.9 Å². The Morgan fingerprint density at radius 3 is 1.96 bits per heavy atom. The van der Waals surface area contributed by atoms with Crippen LogP contribution < -0.4 is 0 Å². The summed E-state index contributed by atoms with van der Waals surface area (Å²) in [4.78, 5) is 55.5. The summed E-state index contributed by atoms with van der Waals surface area (Å²) in [6, 6.07) is 14.1. The second kappa shape index (κ2) is 18.8. The minimum Gasteiger partial charge on any atom is -0.508 e. The first kappa shape index (κ1) is 36.4. The molecular weight excluding hydrogens is 592 g/mol. The number of carboxylic acid groups (broad SMARTS) is 3.